The SMILES string of the molecule is Cc1ncnc2c(C(=O)Nc3c(F)ccc(NS(=O)(=O)CCCF)c3F)cccc12. The highest BCUT2D eigenvalue weighted by Crippen LogP contribution is 2.28. The van der Waals surface area contributed by atoms with Crippen LogP contribution in [0.25, 0.3) is 10.9 Å². The standard InChI is InChI=1S/C19H17F3N4O3S/c1-11-12-4-2-5-13(17(12)24-10-23-11)19(27)25-18-14(21)6-7-15(16(18)22)26-30(28,29)9-3-8-20/h2,4-7,10,26H,3,8-9H2,1H3,(H,25,27). The Morgan fingerprint density at radius 1 is 1.13 bits per heavy atom. The van der Waals surface area contributed by atoms with Crippen LogP contribution in [0.1, 0.15) is 22.5 Å². The van der Waals surface area contributed by atoms with E-state index in [2.05, 4.69) is 15.3 Å². The van der Waals surface area contributed by atoms with E-state index < -0.39 is 51.4 Å². The molecule has 2 aromatic carbocycles. The van der Waals surface area contributed by atoms with E-state index >= 15 is 0 Å². The number of rotatable bonds is 7. The molecule has 0 aliphatic carbocycles. The number of carbonyl (C=O) groups is 1. The molecule has 1 aromatic heterocycles. The van der Waals surface area contributed by atoms with E-state index in [0.29, 0.717) is 16.6 Å². The number of benzene rings is 2. The van der Waals surface area contributed by atoms with Gasteiger partial charge in [-0.15, -0.1) is 0 Å². The van der Waals surface area contributed by atoms with Gasteiger partial charge >= 0.3 is 0 Å². The quantitative estimate of drug-likeness (QED) is 0.587. The number of fused-ring (bicyclic) bond motifs is 1. The van der Waals surface area contributed by atoms with Crippen molar-refractivity contribution in [3.8, 4) is 0 Å². The molecule has 2 N–H and O–H groups in total. The Morgan fingerprint density at radius 3 is 2.63 bits per heavy atom. The first-order valence-electron chi connectivity index (χ1n) is 8.79. The Bertz CT molecular complexity index is 1220. The topological polar surface area (TPSA) is 101 Å². The van der Waals surface area contributed by atoms with E-state index in [1.807, 2.05) is 4.72 Å². The Balaban J connectivity index is 1.94. The molecule has 0 aliphatic rings. The number of halogens is 3. The highest BCUT2D eigenvalue weighted by Gasteiger charge is 2.21. The number of hydrogen-bond donors (Lipinski definition) is 2. The number of sulfonamides is 1. The number of anilines is 2. The minimum atomic E-state index is -4.05. The lowest BCUT2D eigenvalue weighted by Crippen LogP contribution is -2.20. The number of alkyl halides is 1. The van der Waals surface area contributed by atoms with Gasteiger partial charge in [-0.3, -0.25) is 13.9 Å². The van der Waals surface area contributed by atoms with Crippen molar-refractivity contribution in [2.24, 2.45) is 0 Å². The van der Waals surface area contributed by atoms with Crippen molar-refractivity contribution in [1.29, 1.82) is 0 Å². The zero-order valence-corrected chi connectivity index (χ0v) is 16.6. The fourth-order valence-corrected chi connectivity index (χ4v) is 3.87. The van der Waals surface area contributed by atoms with Crippen LogP contribution in [0.4, 0.5) is 24.5 Å². The van der Waals surface area contributed by atoms with Crippen LogP contribution in [0.3, 0.4) is 0 Å². The lowest BCUT2D eigenvalue weighted by atomic mass is 10.1. The molecule has 3 rings (SSSR count). The van der Waals surface area contributed by atoms with Gasteiger partial charge in [0.15, 0.2) is 5.82 Å². The molecule has 158 valence electrons. The van der Waals surface area contributed by atoms with Gasteiger partial charge < -0.3 is 5.32 Å². The highest BCUT2D eigenvalue weighted by molar-refractivity contribution is 7.92. The third kappa shape index (κ3) is 4.51. The van der Waals surface area contributed by atoms with Gasteiger partial charge in [0, 0.05) is 11.1 Å². The first-order valence-corrected chi connectivity index (χ1v) is 10.4. The Hall–Kier alpha value is -3.21. The highest BCUT2D eigenvalue weighted by atomic mass is 32.2. The van der Waals surface area contributed by atoms with Gasteiger partial charge in [-0.25, -0.2) is 27.2 Å². The zero-order valence-electron chi connectivity index (χ0n) is 15.7. The van der Waals surface area contributed by atoms with Crippen molar-refractivity contribution >= 4 is 38.2 Å². The fourth-order valence-electron chi connectivity index (χ4n) is 2.79. The fraction of sp³-hybridized carbons (Fsp3) is 0.211. The predicted molar refractivity (Wildman–Crippen MR) is 107 cm³/mol. The maximum Gasteiger partial charge on any atom is 0.258 e. The van der Waals surface area contributed by atoms with Crippen LogP contribution in [0.15, 0.2) is 36.7 Å². The number of para-hydroxylation sites is 1. The van der Waals surface area contributed by atoms with E-state index in [9.17, 15) is 26.4 Å². The molecule has 0 bridgehead atoms. The monoisotopic (exact) mass is 438 g/mol. The normalized spacial score (nSPS) is 11.5. The van der Waals surface area contributed by atoms with Crippen LogP contribution in [-0.4, -0.2) is 36.7 Å². The Morgan fingerprint density at radius 2 is 1.90 bits per heavy atom. The summed E-state index contributed by atoms with van der Waals surface area (Å²) in [5.74, 6) is -3.82. The number of amides is 1. The summed E-state index contributed by atoms with van der Waals surface area (Å²) in [5.41, 5.74) is -0.413. The molecule has 0 radical (unpaired) electrons. The first kappa shape index (κ1) is 21.5. The molecule has 1 heterocycles. The molecule has 30 heavy (non-hydrogen) atoms. The van der Waals surface area contributed by atoms with Crippen LogP contribution < -0.4 is 10.0 Å². The number of aryl methyl sites for hydroxylation is 1. The van der Waals surface area contributed by atoms with Crippen molar-refractivity contribution in [1.82, 2.24) is 9.97 Å². The van der Waals surface area contributed by atoms with Crippen LogP contribution in [0, 0.1) is 18.6 Å². The zero-order chi connectivity index (χ0) is 21.9. The number of nitrogens with one attached hydrogen (secondary N) is 2. The van der Waals surface area contributed by atoms with Crippen molar-refractivity contribution in [2.75, 3.05) is 22.5 Å². The molecule has 0 atom stereocenters. The van der Waals surface area contributed by atoms with Gasteiger partial charge in [0.05, 0.1) is 29.2 Å². The second-order valence-electron chi connectivity index (χ2n) is 6.36. The molecule has 0 saturated heterocycles. The summed E-state index contributed by atoms with van der Waals surface area (Å²) in [7, 11) is -4.05. The molecule has 0 spiro atoms. The summed E-state index contributed by atoms with van der Waals surface area (Å²) in [6.07, 6.45) is 0.993. The lowest BCUT2D eigenvalue weighted by Gasteiger charge is -2.13. The number of aromatic nitrogens is 2. The van der Waals surface area contributed by atoms with Gasteiger partial charge in [0.25, 0.3) is 5.91 Å². The molecule has 11 heteroatoms. The van der Waals surface area contributed by atoms with Gasteiger partial charge in [-0.1, -0.05) is 12.1 Å². The van der Waals surface area contributed by atoms with E-state index in [-0.39, 0.29) is 12.0 Å². The molecule has 0 fully saturated rings. The van der Waals surface area contributed by atoms with Crippen molar-refractivity contribution < 1.29 is 26.4 Å². The van der Waals surface area contributed by atoms with Crippen LogP contribution in [0.2, 0.25) is 0 Å². The molecule has 1 amide bonds. The average molecular weight is 438 g/mol. The minimum absolute atomic E-state index is 0.0609. The third-order valence-corrected chi connectivity index (χ3v) is 5.61. The van der Waals surface area contributed by atoms with Crippen molar-refractivity contribution in [3.05, 3.63) is 59.6 Å². The Kier molecular flexibility index (Phi) is 6.20. The molecule has 0 aliphatic heterocycles. The van der Waals surface area contributed by atoms with Crippen LogP contribution in [0.5, 0.6) is 0 Å². The second-order valence-corrected chi connectivity index (χ2v) is 8.20. The summed E-state index contributed by atoms with van der Waals surface area (Å²) >= 11 is 0. The van der Waals surface area contributed by atoms with Crippen LogP contribution >= 0.6 is 0 Å². The van der Waals surface area contributed by atoms with E-state index in [4.69, 9.17) is 0 Å². The third-order valence-electron chi connectivity index (χ3n) is 4.25. The predicted octanol–water partition coefficient (Wildman–Crippen LogP) is 3.57. The first-order chi connectivity index (χ1) is 14.2. The number of carbonyl (C=O) groups excluding carboxylic acids is 1. The molecular weight excluding hydrogens is 421 g/mol. The summed E-state index contributed by atoms with van der Waals surface area (Å²) in [4.78, 5) is 20.8. The minimum Gasteiger partial charge on any atom is -0.317 e. The maximum absolute atomic E-state index is 14.8. The van der Waals surface area contributed by atoms with E-state index in [1.54, 1.807) is 19.1 Å². The van der Waals surface area contributed by atoms with Crippen molar-refractivity contribution in [3.63, 3.8) is 0 Å². The second kappa shape index (κ2) is 8.66. The summed E-state index contributed by atoms with van der Waals surface area (Å²) in [6, 6.07) is 6.40. The van der Waals surface area contributed by atoms with E-state index in [1.165, 1.54) is 12.4 Å². The molecule has 0 unspecified atom stereocenters. The number of nitrogens with zero attached hydrogens (tertiary/aromatic N) is 2. The van der Waals surface area contributed by atoms with E-state index in [0.717, 1.165) is 12.1 Å². The van der Waals surface area contributed by atoms with Gasteiger partial charge in [0.2, 0.25) is 10.0 Å². The maximum atomic E-state index is 14.8. The van der Waals surface area contributed by atoms with Crippen molar-refractivity contribution in [2.45, 2.75) is 13.3 Å². The van der Waals surface area contributed by atoms with Gasteiger partial charge in [0.1, 0.15) is 17.8 Å². The Labute approximate surface area is 170 Å². The number of hydrogen-bond acceptors (Lipinski definition) is 5. The van der Waals surface area contributed by atoms with Gasteiger partial charge in [-0.2, -0.15) is 0 Å². The molecule has 3 aromatic rings. The molecule has 7 nitrogen and oxygen atoms in total. The summed E-state index contributed by atoms with van der Waals surface area (Å²) in [5, 5.41) is 2.73. The van der Waals surface area contributed by atoms with Gasteiger partial charge in [-0.05, 0) is 31.5 Å². The average Bonchev–Trinajstić information content (AvgIpc) is 2.71. The molecule has 0 saturated carbocycles. The largest absolute Gasteiger partial charge is 0.317 e. The smallest absolute Gasteiger partial charge is 0.258 e. The lowest BCUT2D eigenvalue weighted by molar-refractivity contribution is 0.102. The summed E-state index contributed by atoms with van der Waals surface area (Å²) in [6.45, 7) is 0.867. The van der Waals surface area contributed by atoms with Crippen LogP contribution in [-0.2, 0) is 10.0 Å². The molecular formula is C19H17F3N4O3S. The summed E-state index contributed by atoms with van der Waals surface area (Å²) < 4.78 is 66.9.